The number of aliphatic hydroxyl groups is 4. The van der Waals surface area contributed by atoms with Crippen molar-refractivity contribution in [2.24, 2.45) is 11.8 Å². The number of hydrogen-bond acceptors (Lipinski definition) is 10. The van der Waals surface area contributed by atoms with Crippen LogP contribution in [0.4, 0.5) is 0 Å². The molecule has 3 rings (SSSR count). The molecule has 0 aromatic carbocycles. The minimum atomic E-state index is -1.59. The number of nitriles is 1. The van der Waals surface area contributed by atoms with Gasteiger partial charge in [0.1, 0.15) is 30.5 Å². The highest BCUT2D eigenvalue weighted by molar-refractivity contribution is 5.90. The van der Waals surface area contributed by atoms with E-state index in [1.807, 2.05) is 6.07 Å². The van der Waals surface area contributed by atoms with Crippen molar-refractivity contribution in [3.63, 3.8) is 0 Å². The summed E-state index contributed by atoms with van der Waals surface area (Å²) in [6.07, 6.45) is -6.27. The minimum absolute atomic E-state index is 0.225. The molecule has 2 saturated heterocycles. The Balaban J connectivity index is 1.78. The van der Waals surface area contributed by atoms with Crippen LogP contribution in [0.15, 0.2) is 24.5 Å². The molecule has 0 unspecified atom stereocenters. The van der Waals surface area contributed by atoms with Gasteiger partial charge in [0.25, 0.3) is 0 Å². The lowest BCUT2D eigenvalue weighted by atomic mass is 9.79. The summed E-state index contributed by atoms with van der Waals surface area (Å²) >= 11 is 0. The Morgan fingerprint density at radius 1 is 1.30 bits per heavy atom. The van der Waals surface area contributed by atoms with E-state index in [0.29, 0.717) is 0 Å². The number of esters is 1. The van der Waals surface area contributed by atoms with E-state index in [9.17, 15) is 25.2 Å². The van der Waals surface area contributed by atoms with Gasteiger partial charge in [0.05, 0.1) is 18.4 Å². The van der Waals surface area contributed by atoms with Gasteiger partial charge in [-0.25, -0.2) is 4.79 Å². The largest absolute Gasteiger partial charge is 0.471 e. The van der Waals surface area contributed by atoms with Crippen LogP contribution in [0.1, 0.15) is 6.42 Å². The Hall–Kier alpha value is -2.00. The quantitative estimate of drug-likeness (QED) is 0.326. The van der Waals surface area contributed by atoms with Crippen molar-refractivity contribution in [3.05, 3.63) is 24.5 Å². The molecule has 0 saturated carbocycles. The molecule has 0 aliphatic carbocycles. The molecule has 0 spiro atoms. The molecule has 0 radical (unpaired) electrons. The number of nitrogens with zero attached hydrogens (tertiary/aromatic N) is 1. The lowest BCUT2D eigenvalue weighted by Gasteiger charge is -2.43. The van der Waals surface area contributed by atoms with Gasteiger partial charge in [0, 0.05) is 18.3 Å². The zero-order chi connectivity index (χ0) is 19.7. The Bertz CT molecular complexity index is 657. The summed E-state index contributed by atoms with van der Waals surface area (Å²) in [7, 11) is 0. The van der Waals surface area contributed by atoms with E-state index in [2.05, 4.69) is 6.58 Å². The van der Waals surface area contributed by atoms with Gasteiger partial charge in [-0.3, -0.25) is 0 Å². The fourth-order valence-corrected chi connectivity index (χ4v) is 3.46. The van der Waals surface area contributed by atoms with Crippen molar-refractivity contribution in [1.82, 2.24) is 0 Å². The normalized spacial score (nSPS) is 44.2. The number of rotatable bonds is 4. The van der Waals surface area contributed by atoms with Gasteiger partial charge in [-0.05, 0) is 0 Å². The Morgan fingerprint density at radius 2 is 2.04 bits per heavy atom. The molecule has 0 aromatic rings. The van der Waals surface area contributed by atoms with Crippen molar-refractivity contribution in [3.8, 4) is 6.07 Å². The summed E-state index contributed by atoms with van der Waals surface area (Å²) in [5.74, 6) is -1.67. The summed E-state index contributed by atoms with van der Waals surface area (Å²) in [6.45, 7) is 3.12. The number of cyclic esters (lactones) is 1. The number of ether oxygens (including phenoxy) is 4. The Labute approximate surface area is 154 Å². The molecule has 10 heteroatoms. The van der Waals surface area contributed by atoms with Crippen LogP contribution in [-0.4, -0.2) is 76.1 Å². The van der Waals surface area contributed by atoms with Crippen molar-refractivity contribution >= 4 is 5.97 Å². The topological polar surface area (TPSA) is 159 Å². The van der Waals surface area contributed by atoms with Crippen molar-refractivity contribution < 1.29 is 44.2 Å². The highest BCUT2D eigenvalue weighted by Crippen LogP contribution is 2.40. The average molecular weight is 383 g/mol. The SMILES string of the molecule is C=C[C@H]1[C@H](O[C@@H]2O[C@H](CO)[C@@H](O)[C@H](O)[C@H]2O)OC=C2C(=O)O[C@H](C#N)C[C@H]21. The van der Waals surface area contributed by atoms with Crippen LogP contribution in [0.25, 0.3) is 0 Å². The van der Waals surface area contributed by atoms with E-state index in [0.717, 1.165) is 0 Å². The molecule has 3 aliphatic rings. The third kappa shape index (κ3) is 3.58. The maximum Gasteiger partial charge on any atom is 0.338 e. The Kier molecular flexibility index (Phi) is 5.81. The molecule has 27 heavy (non-hydrogen) atoms. The molecule has 9 atom stereocenters. The molecular weight excluding hydrogens is 362 g/mol. The average Bonchev–Trinajstić information content (AvgIpc) is 2.67. The van der Waals surface area contributed by atoms with Gasteiger partial charge in [0.15, 0.2) is 12.4 Å². The molecule has 0 aromatic heterocycles. The van der Waals surface area contributed by atoms with Gasteiger partial charge in [0.2, 0.25) is 6.29 Å². The number of hydrogen-bond donors (Lipinski definition) is 4. The fourth-order valence-electron chi connectivity index (χ4n) is 3.46. The van der Waals surface area contributed by atoms with Crippen molar-refractivity contribution in [1.29, 1.82) is 5.26 Å². The second-order valence-corrected chi connectivity index (χ2v) is 6.59. The maximum atomic E-state index is 12.0. The summed E-state index contributed by atoms with van der Waals surface area (Å²) in [5, 5.41) is 48.1. The van der Waals surface area contributed by atoms with E-state index >= 15 is 0 Å². The van der Waals surface area contributed by atoms with Crippen LogP contribution in [0.3, 0.4) is 0 Å². The predicted molar refractivity (Wildman–Crippen MR) is 85.1 cm³/mol. The van der Waals surface area contributed by atoms with Crippen LogP contribution in [-0.2, 0) is 23.7 Å². The number of fused-ring (bicyclic) bond motifs is 1. The van der Waals surface area contributed by atoms with Crippen LogP contribution in [0.5, 0.6) is 0 Å². The molecular formula is C17H21NO9. The second-order valence-electron chi connectivity index (χ2n) is 6.59. The van der Waals surface area contributed by atoms with Crippen LogP contribution >= 0.6 is 0 Å². The molecule has 2 fully saturated rings. The monoisotopic (exact) mass is 383 g/mol. The lowest BCUT2D eigenvalue weighted by molar-refractivity contribution is -0.339. The molecule has 0 amide bonds. The molecule has 3 aliphatic heterocycles. The third-order valence-electron chi connectivity index (χ3n) is 4.99. The standard InChI is InChI=1S/C17H21NO9/c1-2-8-9-3-7(4-18)25-15(23)10(9)6-24-16(8)27-17-14(22)13(21)12(20)11(5-19)26-17/h2,6-9,11-14,16-17,19-22H,1,3,5H2/t7-,8+,9-,11+,12+,13-,14+,16-,17-/m0/s1. The molecule has 3 heterocycles. The van der Waals surface area contributed by atoms with Crippen LogP contribution in [0, 0.1) is 23.2 Å². The van der Waals surface area contributed by atoms with E-state index in [1.165, 1.54) is 12.3 Å². The van der Waals surface area contributed by atoms with Gasteiger partial charge in [-0.2, -0.15) is 5.26 Å². The zero-order valence-corrected chi connectivity index (χ0v) is 14.2. The molecule has 0 bridgehead atoms. The van der Waals surface area contributed by atoms with E-state index in [1.54, 1.807) is 0 Å². The first-order valence-corrected chi connectivity index (χ1v) is 8.45. The first kappa shape index (κ1) is 19.8. The maximum absolute atomic E-state index is 12.0. The van der Waals surface area contributed by atoms with Crippen LogP contribution < -0.4 is 0 Å². The molecule has 4 N–H and O–H groups in total. The second kappa shape index (κ2) is 7.93. The van der Waals surface area contributed by atoms with Crippen molar-refractivity contribution in [2.75, 3.05) is 6.61 Å². The molecule has 148 valence electrons. The van der Waals surface area contributed by atoms with E-state index in [-0.39, 0.29) is 12.0 Å². The summed E-state index contributed by atoms with van der Waals surface area (Å²) in [5.41, 5.74) is 0.250. The lowest BCUT2D eigenvalue weighted by Crippen LogP contribution is -2.60. The van der Waals surface area contributed by atoms with Gasteiger partial charge < -0.3 is 39.4 Å². The number of carbonyl (C=O) groups excluding carboxylic acids is 1. The number of aliphatic hydroxyl groups excluding tert-OH is 4. The summed E-state index contributed by atoms with van der Waals surface area (Å²) in [4.78, 5) is 12.0. The highest BCUT2D eigenvalue weighted by atomic mass is 16.8. The third-order valence-corrected chi connectivity index (χ3v) is 4.99. The smallest absolute Gasteiger partial charge is 0.338 e. The van der Waals surface area contributed by atoms with E-state index in [4.69, 9.17) is 24.2 Å². The number of carbonyl (C=O) groups is 1. The predicted octanol–water partition coefficient (Wildman–Crippen LogP) is -1.70. The zero-order valence-electron chi connectivity index (χ0n) is 14.2. The molecule has 10 nitrogen and oxygen atoms in total. The minimum Gasteiger partial charge on any atom is -0.471 e. The van der Waals surface area contributed by atoms with Crippen molar-refractivity contribution in [2.45, 2.75) is 49.5 Å². The van der Waals surface area contributed by atoms with Gasteiger partial charge in [-0.15, -0.1) is 6.58 Å². The Morgan fingerprint density at radius 3 is 2.67 bits per heavy atom. The summed E-state index contributed by atoms with van der Waals surface area (Å²) in [6, 6.07) is 1.90. The first-order chi connectivity index (χ1) is 12.9. The highest BCUT2D eigenvalue weighted by Gasteiger charge is 2.49. The van der Waals surface area contributed by atoms with E-state index < -0.39 is 67.5 Å². The van der Waals surface area contributed by atoms with Gasteiger partial charge >= 0.3 is 5.97 Å². The first-order valence-electron chi connectivity index (χ1n) is 8.45. The summed E-state index contributed by atoms with van der Waals surface area (Å²) < 4.78 is 21.4. The van der Waals surface area contributed by atoms with Gasteiger partial charge in [-0.1, -0.05) is 6.08 Å². The van der Waals surface area contributed by atoms with Crippen LogP contribution in [0.2, 0.25) is 0 Å². The fraction of sp³-hybridized carbons (Fsp3) is 0.647.